The summed E-state index contributed by atoms with van der Waals surface area (Å²) < 4.78 is 5.42. The smallest absolute Gasteiger partial charge is 0.0973 e. The minimum atomic E-state index is 0.750. The number of hydrogen-bond acceptors (Lipinski definition) is 4. The van der Waals surface area contributed by atoms with E-state index in [1.807, 2.05) is 0 Å². The number of nitrogens with zero attached hydrogens (tertiary/aromatic N) is 3. The quantitative estimate of drug-likeness (QED) is 0.289. The van der Waals surface area contributed by atoms with Crippen molar-refractivity contribution >= 4 is 50.0 Å². The maximum absolute atomic E-state index is 5.67. The second-order valence-corrected chi connectivity index (χ2v) is 7.79. The summed E-state index contributed by atoms with van der Waals surface area (Å²) in [6.07, 6.45) is 0.750. The molecule has 0 spiro atoms. The number of benzene rings is 3. The highest BCUT2D eigenvalue weighted by molar-refractivity contribution is 7.80. The van der Waals surface area contributed by atoms with Crippen LogP contribution in [0.4, 0.5) is 0 Å². The molecule has 1 saturated heterocycles. The molecule has 0 unspecified atom stereocenters. The van der Waals surface area contributed by atoms with Crippen LogP contribution in [0.2, 0.25) is 0 Å². The summed E-state index contributed by atoms with van der Waals surface area (Å²) in [6.45, 7) is 5.39. The number of morpholine rings is 1. The molecule has 4 nitrogen and oxygen atoms in total. The van der Waals surface area contributed by atoms with E-state index in [0.29, 0.717) is 0 Å². The minimum absolute atomic E-state index is 0.750. The van der Waals surface area contributed by atoms with E-state index >= 15 is 0 Å². The van der Waals surface area contributed by atoms with Gasteiger partial charge in [-0.05, 0) is 41.6 Å². The third kappa shape index (κ3) is 3.11. The summed E-state index contributed by atoms with van der Waals surface area (Å²) in [4.78, 5) is 13.1. The van der Waals surface area contributed by atoms with Crippen LogP contribution < -0.4 is 0 Å². The SMILES string of the molecule is Cc1cc2nc3ccc(CC(=S)N4CCOCC4)cc3nc2c2ccccc12. The molecule has 0 atom stereocenters. The van der Waals surface area contributed by atoms with Gasteiger partial charge in [-0.15, -0.1) is 0 Å². The topological polar surface area (TPSA) is 38.2 Å². The molecule has 0 saturated carbocycles. The van der Waals surface area contributed by atoms with Crippen LogP contribution >= 0.6 is 12.2 Å². The molecule has 0 aliphatic carbocycles. The zero-order valence-electron chi connectivity index (χ0n) is 15.8. The van der Waals surface area contributed by atoms with E-state index in [9.17, 15) is 0 Å². The van der Waals surface area contributed by atoms with Crippen LogP contribution in [0.1, 0.15) is 11.1 Å². The Kier molecular flexibility index (Phi) is 4.41. The van der Waals surface area contributed by atoms with Gasteiger partial charge in [-0.3, -0.25) is 0 Å². The van der Waals surface area contributed by atoms with E-state index in [-0.39, 0.29) is 0 Å². The van der Waals surface area contributed by atoms with Gasteiger partial charge in [0.2, 0.25) is 0 Å². The van der Waals surface area contributed by atoms with Crippen LogP contribution in [0, 0.1) is 6.92 Å². The lowest BCUT2D eigenvalue weighted by Crippen LogP contribution is -2.40. The molecule has 2 heterocycles. The fraction of sp³-hybridized carbons (Fsp3) is 0.261. The first kappa shape index (κ1) is 17.5. The molecule has 1 fully saturated rings. The predicted molar refractivity (Wildman–Crippen MR) is 118 cm³/mol. The lowest BCUT2D eigenvalue weighted by atomic mass is 10.0. The highest BCUT2D eigenvalue weighted by atomic mass is 32.1. The third-order valence-corrected chi connectivity index (χ3v) is 5.84. The number of fused-ring (bicyclic) bond motifs is 4. The molecule has 0 bridgehead atoms. The Labute approximate surface area is 169 Å². The summed E-state index contributed by atoms with van der Waals surface area (Å²) in [5, 5.41) is 2.38. The van der Waals surface area contributed by atoms with E-state index in [1.54, 1.807) is 0 Å². The number of aryl methyl sites for hydroxylation is 1. The van der Waals surface area contributed by atoms with Gasteiger partial charge >= 0.3 is 0 Å². The van der Waals surface area contributed by atoms with Crippen LogP contribution in [0.15, 0.2) is 48.5 Å². The van der Waals surface area contributed by atoms with Crippen LogP contribution in [0.25, 0.3) is 32.8 Å². The molecule has 4 aromatic rings. The Morgan fingerprint density at radius 3 is 2.57 bits per heavy atom. The fourth-order valence-corrected chi connectivity index (χ4v) is 4.29. The average Bonchev–Trinajstić information content (AvgIpc) is 2.73. The maximum Gasteiger partial charge on any atom is 0.0973 e. The zero-order valence-corrected chi connectivity index (χ0v) is 16.6. The number of hydrogen-bond donors (Lipinski definition) is 0. The van der Waals surface area contributed by atoms with Gasteiger partial charge in [-0.1, -0.05) is 42.5 Å². The number of thiocarbonyl (C=S) groups is 1. The van der Waals surface area contributed by atoms with Gasteiger partial charge in [-0.25, -0.2) is 9.97 Å². The average molecular weight is 388 g/mol. The summed E-state index contributed by atoms with van der Waals surface area (Å²) in [5.74, 6) is 0. The second kappa shape index (κ2) is 7.08. The normalized spacial score (nSPS) is 14.8. The van der Waals surface area contributed by atoms with Crippen molar-refractivity contribution in [1.29, 1.82) is 0 Å². The highest BCUT2D eigenvalue weighted by Gasteiger charge is 2.15. The third-order valence-electron chi connectivity index (χ3n) is 5.43. The first-order valence-corrected chi connectivity index (χ1v) is 10.0. The Hall–Kier alpha value is -2.63. The van der Waals surface area contributed by atoms with Crippen LogP contribution in [-0.2, 0) is 11.2 Å². The van der Waals surface area contributed by atoms with Crippen molar-refractivity contribution in [3.05, 3.63) is 59.7 Å². The van der Waals surface area contributed by atoms with E-state index in [0.717, 1.165) is 65.2 Å². The summed E-state index contributed by atoms with van der Waals surface area (Å²) >= 11 is 5.67. The highest BCUT2D eigenvalue weighted by Crippen LogP contribution is 2.28. The fourth-order valence-electron chi connectivity index (χ4n) is 3.94. The number of aromatic nitrogens is 2. The van der Waals surface area contributed by atoms with Crippen LogP contribution in [0.5, 0.6) is 0 Å². The van der Waals surface area contributed by atoms with Crippen LogP contribution in [-0.4, -0.2) is 46.2 Å². The van der Waals surface area contributed by atoms with E-state index in [1.165, 1.54) is 16.5 Å². The molecule has 0 N–H and O–H groups in total. The molecule has 3 aromatic carbocycles. The number of ether oxygens (including phenoxy) is 1. The summed E-state index contributed by atoms with van der Waals surface area (Å²) in [5.41, 5.74) is 6.15. The monoisotopic (exact) mass is 387 g/mol. The minimum Gasteiger partial charge on any atom is -0.378 e. The van der Waals surface area contributed by atoms with E-state index in [4.69, 9.17) is 26.9 Å². The van der Waals surface area contributed by atoms with Gasteiger partial charge < -0.3 is 9.64 Å². The second-order valence-electron chi connectivity index (χ2n) is 7.32. The van der Waals surface area contributed by atoms with E-state index < -0.39 is 0 Å². The molecule has 1 aliphatic rings. The lowest BCUT2D eigenvalue weighted by Gasteiger charge is -2.29. The van der Waals surface area contributed by atoms with Gasteiger partial charge in [0.05, 0.1) is 40.3 Å². The molecular weight excluding hydrogens is 366 g/mol. The summed E-state index contributed by atoms with van der Waals surface area (Å²) in [7, 11) is 0. The molecule has 140 valence electrons. The largest absolute Gasteiger partial charge is 0.378 e. The molecule has 5 rings (SSSR count). The van der Waals surface area contributed by atoms with Crippen molar-refractivity contribution in [3.63, 3.8) is 0 Å². The van der Waals surface area contributed by atoms with Crippen molar-refractivity contribution in [2.45, 2.75) is 13.3 Å². The van der Waals surface area contributed by atoms with Gasteiger partial charge in [0.25, 0.3) is 0 Å². The number of rotatable bonds is 2. The molecule has 28 heavy (non-hydrogen) atoms. The zero-order chi connectivity index (χ0) is 19.1. The molecule has 0 radical (unpaired) electrons. The lowest BCUT2D eigenvalue weighted by molar-refractivity contribution is 0.0685. The molecule has 0 amide bonds. The van der Waals surface area contributed by atoms with Gasteiger partial charge in [0, 0.05) is 24.9 Å². The van der Waals surface area contributed by atoms with Crippen molar-refractivity contribution in [1.82, 2.24) is 14.9 Å². The van der Waals surface area contributed by atoms with Gasteiger partial charge in [0.15, 0.2) is 0 Å². The van der Waals surface area contributed by atoms with Gasteiger partial charge in [-0.2, -0.15) is 0 Å². The Bertz CT molecular complexity index is 1210. The Morgan fingerprint density at radius 2 is 1.75 bits per heavy atom. The Morgan fingerprint density at radius 1 is 0.964 bits per heavy atom. The predicted octanol–water partition coefficient (Wildman–Crippen LogP) is 4.45. The van der Waals surface area contributed by atoms with Crippen LogP contribution in [0.3, 0.4) is 0 Å². The molecular formula is C23H21N3OS. The van der Waals surface area contributed by atoms with Crippen molar-refractivity contribution < 1.29 is 4.74 Å². The molecule has 5 heteroatoms. The van der Waals surface area contributed by atoms with E-state index in [2.05, 4.69) is 60.4 Å². The van der Waals surface area contributed by atoms with Crippen molar-refractivity contribution in [2.24, 2.45) is 0 Å². The standard InChI is InChI=1S/C23H21N3OS/c1-15-12-21-23(18-5-3-2-4-17(15)18)25-20-13-16(6-7-19(20)24-21)14-22(28)26-8-10-27-11-9-26/h2-7,12-13H,8-11,14H2,1H3. The summed E-state index contributed by atoms with van der Waals surface area (Å²) in [6, 6.07) is 16.8. The van der Waals surface area contributed by atoms with Crippen molar-refractivity contribution in [2.75, 3.05) is 26.3 Å². The molecule has 1 aromatic heterocycles. The van der Waals surface area contributed by atoms with Gasteiger partial charge in [0.1, 0.15) is 0 Å². The first-order valence-electron chi connectivity index (χ1n) is 9.63. The molecule has 1 aliphatic heterocycles. The maximum atomic E-state index is 5.67. The Balaban J connectivity index is 1.57. The first-order chi connectivity index (χ1) is 13.7. The van der Waals surface area contributed by atoms with Crippen molar-refractivity contribution in [3.8, 4) is 0 Å².